The van der Waals surface area contributed by atoms with E-state index in [1.54, 1.807) is 29.1 Å². The second kappa shape index (κ2) is 7.63. The lowest BCUT2D eigenvalue weighted by molar-refractivity contribution is -0.116. The Kier molecular flexibility index (Phi) is 5.83. The van der Waals surface area contributed by atoms with Crippen molar-refractivity contribution in [1.82, 2.24) is 9.78 Å². The van der Waals surface area contributed by atoms with Gasteiger partial charge in [0.25, 0.3) is 0 Å². The smallest absolute Gasteiger partial charge is 0.225 e. The minimum absolute atomic E-state index is 0.00327. The lowest BCUT2D eigenvalue weighted by atomic mass is 10.2. The number of anilines is 1. The molecule has 1 unspecified atom stereocenters. The zero-order valence-electron chi connectivity index (χ0n) is 12.2. The van der Waals surface area contributed by atoms with Crippen LogP contribution >= 0.6 is 23.2 Å². The Bertz CT molecular complexity index is 655. The molecule has 0 fully saturated rings. The molecule has 0 spiro atoms. The Morgan fingerprint density at radius 1 is 1.41 bits per heavy atom. The molecule has 1 aromatic carbocycles. The number of aromatic nitrogens is 2. The van der Waals surface area contributed by atoms with Gasteiger partial charge < -0.3 is 11.1 Å². The maximum atomic E-state index is 11.9. The number of hydrogen-bond donors (Lipinski definition) is 2. The van der Waals surface area contributed by atoms with Gasteiger partial charge in [0.15, 0.2) is 0 Å². The number of carbonyl (C=O) groups is 1. The van der Waals surface area contributed by atoms with Gasteiger partial charge in [0.1, 0.15) is 5.82 Å². The summed E-state index contributed by atoms with van der Waals surface area (Å²) in [4.78, 5) is 11.9. The second-order valence-electron chi connectivity index (χ2n) is 5.17. The first-order chi connectivity index (χ1) is 10.5. The number of carbonyl (C=O) groups excluding carboxylic acids is 1. The Morgan fingerprint density at radius 3 is 2.86 bits per heavy atom. The number of nitrogens with zero attached hydrogens (tertiary/aromatic N) is 2. The number of amides is 1. The van der Waals surface area contributed by atoms with Crippen LogP contribution in [0.1, 0.15) is 25.3 Å². The minimum atomic E-state index is -0.0822. The van der Waals surface area contributed by atoms with E-state index in [0.29, 0.717) is 35.2 Å². The van der Waals surface area contributed by atoms with Crippen LogP contribution in [0, 0.1) is 0 Å². The molecular weight excluding hydrogens is 323 g/mol. The number of halogens is 2. The molecule has 0 radical (unpaired) electrons. The van der Waals surface area contributed by atoms with Crippen LogP contribution in [0.25, 0.3) is 0 Å². The molecule has 3 N–H and O–H groups in total. The molecule has 22 heavy (non-hydrogen) atoms. The molecule has 0 saturated carbocycles. The van der Waals surface area contributed by atoms with Gasteiger partial charge in [0.2, 0.25) is 5.91 Å². The second-order valence-corrected chi connectivity index (χ2v) is 6.02. The summed E-state index contributed by atoms with van der Waals surface area (Å²) in [6.45, 7) is 2.33. The van der Waals surface area contributed by atoms with Gasteiger partial charge in [-0.25, -0.2) is 4.68 Å². The van der Waals surface area contributed by atoms with Crippen LogP contribution < -0.4 is 11.1 Å². The van der Waals surface area contributed by atoms with Gasteiger partial charge in [0.05, 0.1) is 12.7 Å². The molecule has 1 amide bonds. The third-order valence-corrected chi connectivity index (χ3v) is 3.73. The Morgan fingerprint density at radius 2 is 2.18 bits per heavy atom. The first-order valence-electron chi connectivity index (χ1n) is 6.97. The summed E-state index contributed by atoms with van der Waals surface area (Å²) in [6, 6.07) is 7.04. The maximum absolute atomic E-state index is 11.9. The Hall–Kier alpha value is -1.56. The third kappa shape index (κ3) is 4.73. The predicted octanol–water partition coefficient (Wildman–Crippen LogP) is 3.30. The van der Waals surface area contributed by atoms with E-state index in [1.807, 2.05) is 13.0 Å². The molecule has 7 heteroatoms. The van der Waals surface area contributed by atoms with Crippen molar-refractivity contribution < 1.29 is 4.79 Å². The van der Waals surface area contributed by atoms with E-state index in [9.17, 15) is 4.79 Å². The van der Waals surface area contributed by atoms with E-state index in [2.05, 4.69) is 10.4 Å². The van der Waals surface area contributed by atoms with Crippen LogP contribution in [0.5, 0.6) is 0 Å². The van der Waals surface area contributed by atoms with Gasteiger partial charge in [-0.3, -0.25) is 4.79 Å². The van der Waals surface area contributed by atoms with E-state index < -0.39 is 0 Å². The fourth-order valence-electron chi connectivity index (χ4n) is 1.94. The summed E-state index contributed by atoms with van der Waals surface area (Å²) in [6.07, 6.45) is 2.65. The van der Waals surface area contributed by atoms with Gasteiger partial charge in [-0.2, -0.15) is 5.10 Å². The number of nitrogens with one attached hydrogen (secondary N) is 1. The van der Waals surface area contributed by atoms with Crippen molar-refractivity contribution in [3.05, 3.63) is 46.1 Å². The average Bonchev–Trinajstić information content (AvgIpc) is 2.87. The highest BCUT2D eigenvalue weighted by atomic mass is 35.5. The molecule has 5 nitrogen and oxygen atoms in total. The highest BCUT2D eigenvalue weighted by Crippen LogP contribution is 2.22. The van der Waals surface area contributed by atoms with Crippen molar-refractivity contribution >= 4 is 34.9 Å². The van der Waals surface area contributed by atoms with E-state index in [-0.39, 0.29) is 11.9 Å². The van der Waals surface area contributed by atoms with Crippen LogP contribution in [0.3, 0.4) is 0 Å². The van der Waals surface area contributed by atoms with Crippen LogP contribution in [-0.4, -0.2) is 21.7 Å². The minimum Gasteiger partial charge on any atom is -0.328 e. The fraction of sp³-hybridized carbons (Fsp3) is 0.333. The molecule has 1 heterocycles. The molecular formula is C15H18Cl2N4O. The predicted molar refractivity (Wildman–Crippen MR) is 89.3 cm³/mol. The number of nitrogens with two attached hydrogens (primary N) is 1. The van der Waals surface area contributed by atoms with E-state index in [1.165, 1.54) is 0 Å². The largest absolute Gasteiger partial charge is 0.328 e. The fourth-order valence-corrected chi connectivity index (χ4v) is 2.41. The normalized spacial score (nSPS) is 12.2. The Labute approximate surface area is 139 Å². The Balaban J connectivity index is 2.04. The number of hydrogen-bond acceptors (Lipinski definition) is 3. The zero-order valence-corrected chi connectivity index (χ0v) is 13.7. The van der Waals surface area contributed by atoms with Gasteiger partial charge >= 0.3 is 0 Å². The van der Waals surface area contributed by atoms with Crippen molar-refractivity contribution in [2.75, 3.05) is 5.32 Å². The molecule has 0 bridgehead atoms. The van der Waals surface area contributed by atoms with E-state index in [4.69, 9.17) is 28.9 Å². The van der Waals surface area contributed by atoms with Crippen LogP contribution in [-0.2, 0) is 11.3 Å². The molecule has 2 rings (SSSR count). The quantitative estimate of drug-likeness (QED) is 0.847. The molecule has 0 aliphatic carbocycles. The average molecular weight is 341 g/mol. The summed E-state index contributed by atoms with van der Waals surface area (Å²) in [5.41, 5.74) is 6.53. The van der Waals surface area contributed by atoms with Crippen molar-refractivity contribution in [1.29, 1.82) is 0 Å². The van der Waals surface area contributed by atoms with Crippen molar-refractivity contribution in [3.63, 3.8) is 0 Å². The highest BCUT2D eigenvalue weighted by molar-refractivity contribution is 6.35. The first-order valence-corrected chi connectivity index (χ1v) is 7.72. The van der Waals surface area contributed by atoms with Crippen LogP contribution in [0.2, 0.25) is 10.0 Å². The van der Waals surface area contributed by atoms with Crippen LogP contribution in [0.4, 0.5) is 5.82 Å². The molecule has 0 aliphatic rings. The van der Waals surface area contributed by atoms with Gasteiger partial charge in [0, 0.05) is 28.6 Å². The molecule has 0 saturated heterocycles. The molecule has 1 atom stereocenters. The zero-order chi connectivity index (χ0) is 16.1. The van der Waals surface area contributed by atoms with Gasteiger partial charge in [-0.1, -0.05) is 29.3 Å². The van der Waals surface area contributed by atoms with Crippen LogP contribution in [0.15, 0.2) is 30.5 Å². The summed E-state index contributed by atoms with van der Waals surface area (Å²) >= 11 is 12.0. The monoisotopic (exact) mass is 340 g/mol. The van der Waals surface area contributed by atoms with Gasteiger partial charge in [-0.15, -0.1) is 0 Å². The lowest BCUT2D eigenvalue weighted by Crippen LogP contribution is -2.20. The number of rotatable bonds is 6. The summed E-state index contributed by atoms with van der Waals surface area (Å²) in [5, 5.41) is 8.19. The van der Waals surface area contributed by atoms with Crippen molar-refractivity contribution in [3.8, 4) is 0 Å². The SMILES string of the molecule is CC(N)CCC(=O)Nc1ccnn1Cc1ccc(Cl)cc1Cl. The maximum Gasteiger partial charge on any atom is 0.225 e. The molecule has 0 aliphatic heterocycles. The number of benzene rings is 1. The summed E-state index contributed by atoms with van der Waals surface area (Å²) in [7, 11) is 0. The summed E-state index contributed by atoms with van der Waals surface area (Å²) in [5.74, 6) is 0.543. The van der Waals surface area contributed by atoms with Gasteiger partial charge in [-0.05, 0) is 31.0 Å². The first kappa shape index (κ1) is 16.8. The third-order valence-electron chi connectivity index (χ3n) is 3.15. The highest BCUT2D eigenvalue weighted by Gasteiger charge is 2.10. The van der Waals surface area contributed by atoms with Crippen molar-refractivity contribution in [2.24, 2.45) is 5.73 Å². The standard InChI is InChI=1S/C15H18Cl2N4O/c1-10(18)2-5-15(22)20-14-6-7-19-21(14)9-11-3-4-12(16)8-13(11)17/h3-4,6-8,10H,2,5,9,18H2,1H3,(H,20,22). The van der Waals surface area contributed by atoms with E-state index >= 15 is 0 Å². The molecule has 118 valence electrons. The topological polar surface area (TPSA) is 72.9 Å². The van der Waals surface area contributed by atoms with Crippen molar-refractivity contribution in [2.45, 2.75) is 32.4 Å². The molecule has 2 aromatic rings. The molecule has 1 aromatic heterocycles. The summed E-state index contributed by atoms with van der Waals surface area (Å²) < 4.78 is 1.68. The lowest BCUT2D eigenvalue weighted by Gasteiger charge is -2.11. The van der Waals surface area contributed by atoms with E-state index in [0.717, 1.165) is 5.56 Å².